The molecule has 4 rings (SSSR count). The zero-order chi connectivity index (χ0) is 20.2. The second kappa shape index (κ2) is 8.84. The lowest BCUT2D eigenvalue weighted by Gasteiger charge is -2.21. The maximum Gasteiger partial charge on any atom is 0.275 e. The number of quaternary nitrogens is 1. The van der Waals surface area contributed by atoms with Gasteiger partial charge in [0.25, 0.3) is 5.91 Å². The largest absolute Gasteiger partial charge is 0.341 e. The monoisotopic (exact) mass is 408 g/mol. The predicted molar refractivity (Wildman–Crippen MR) is 115 cm³/mol. The first kappa shape index (κ1) is 19.7. The molecule has 1 amide bonds. The van der Waals surface area contributed by atoms with Gasteiger partial charge in [0.1, 0.15) is 6.04 Å². The highest BCUT2D eigenvalue weighted by molar-refractivity contribution is 7.18. The third-order valence-corrected chi connectivity index (χ3v) is 6.74. The first-order valence-corrected chi connectivity index (χ1v) is 11.0. The molecule has 1 aliphatic heterocycles. The molecule has 2 aromatic carbocycles. The lowest BCUT2D eigenvalue weighted by atomic mass is 10.0. The Balaban J connectivity index is 1.41. The van der Waals surface area contributed by atoms with Crippen LogP contribution >= 0.6 is 11.3 Å². The van der Waals surface area contributed by atoms with Gasteiger partial charge in [-0.15, -0.1) is 11.3 Å². The van der Waals surface area contributed by atoms with E-state index in [1.54, 1.807) is 18.3 Å². The Labute approximate surface area is 174 Å². The SMILES string of the molecule is CC(=O)[C@H](Cc1ccccc1)NC(=O)C[NH+]1CCC[C@@H]1c1nc2ccccc2s1. The highest BCUT2D eigenvalue weighted by Crippen LogP contribution is 2.28. The van der Waals surface area contributed by atoms with E-state index in [1.165, 1.54) is 9.60 Å². The Morgan fingerprint density at radius 1 is 1.17 bits per heavy atom. The summed E-state index contributed by atoms with van der Waals surface area (Å²) in [4.78, 5) is 30.9. The van der Waals surface area contributed by atoms with Crippen molar-refractivity contribution in [3.8, 4) is 0 Å². The molecule has 0 aliphatic carbocycles. The Bertz CT molecular complexity index is 969. The van der Waals surface area contributed by atoms with Crippen molar-refractivity contribution >= 4 is 33.2 Å². The molecule has 2 N–H and O–H groups in total. The van der Waals surface area contributed by atoms with Crippen molar-refractivity contribution in [2.75, 3.05) is 13.1 Å². The Morgan fingerprint density at radius 2 is 1.93 bits per heavy atom. The highest BCUT2D eigenvalue weighted by Gasteiger charge is 2.34. The number of carbonyl (C=O) groups excluding carboxylic acids is 2. The molecule has 2 heterocycles. The van der Waals surface area contributed by atoms with Crippen molar-refractivity contribution in [2.24, 2.45) is 0 Å². The van der Waals surface area contributed by atoms with Crippen LogP contribution < -0.4 is 10.2 Å². The van der Waals surface area contributed by atoms with E-state index in [2.05, 4.69) is 11.4 Å². The molecule has 3 aromatic rings. The van der Waals surface area contributed by atoms with Gasteiger partial charge in [-0.25, -0.2) is 4.98 Å². The Morgan fingerprint density at radius 3 is 2.69 bits per heavy atom. The minimum Gasteiger partial charge on any atom is -0.341 e. The summed E-state index contributed by atoms with van der Waals surface area (Å²) in [6.07, 6.45) is 2.66. The van der Waals surface area contributed by atoms with Crippen LogP contribution in [0.2, 0.25) is 0 Å². The number of nitrogens with one attached hydrogen (secondary N) is 2. The second-order valence-electron chi connectivity index (χ2n) is 7.72. The number of hydrogen-bond acceptors (Lipinski definition) is 4. The number of rotatable bonds is 7. The highest BCUT2D eigenvalue weighted by atomic mass is 32.1. The molecular formula is C23H26N3O2S+. The minimum absolute atomic E-state index is 0.0126. The third-order valence-electron chi connectivity index (χ3n) is 5.59. The number of nitrogens with zero attached hydrogens (tertiary/aromatic N) is 1. The Kier molecular flexibility index (Phi) is 6.02. The van der Waals surface area contributed by atoms with Crippen LogP contribution in [0.1, 0.15) is 36.4 Å². The average Bonchev–Trinajstić information content (AvgIpc) is 3.34. The lowest BCUT2D eigenvalue weighted by molar-refractivity contribution is -0.910. The number of benzene rings is 2. The molecule has 0 saturated carbocycles. The van der Waals surface area contributed by atoms with Gasteiger partial charge in [0.2, 0.25) is 0 Å². The van der Waals surface area contributed by atoms with Crippen LogP contribution in [0.5, 0.6) is 0 Å². The summed E-state index contributed by atoms with van der Waals surface area (Å²) in [6, 6.07) is 17.8. The van der Waals surface area contributed by atoms with E-state index in [4.69, 9.17) is 4.98 Å². The number of thiazole rings is 1. The number of carbonyl (C=O) groups is 2. The zero-order valence-electron chi connectivity index (χ0n) is 16.6. The molecule has 1 aliphatic rings. The van der Waals surface area contributed by atoms with Crippen LogP contribution in [0.3, 0.4) is 0 Å². The molecule has 5 nitrogen and oxygen atoms in total. The summed E-state index contributed by atoms with van der Waals surface area (Å²) in [7, 11) is 0. The van der Waals surface area contributed by atoms with Gasteiger partial charge in [-0.3, -0.25) is 9.59 Å². The van der Waals surface area contributed by atoms with E-state index in [0.717, 1.165) is 35.5 Å². The van der Waals surface area contributed by atoms with Crippen molar-refractivity contribution in [2.45, 2.75) is 38.3 Å². The second-order valence-corrected chi connectivity index (χ2v) is 8.78. The maximum atomic E-state index is 12.8. The van der Waals surface area contributed by atoms with Crippen molar-refractivity contribution in [1.82, 2.24) is 10.3 Å². The number of Topliss-reactive ketones (excluding diaryl/α,β-unsaturated/α-hetero) is 1. The molecule has 150 valence electrons. The number of amides is 1. The van der Waals surface area contributed by atoms with Crippen LogP contribution in [-0.4, -0.2) is 35.8 Å². The third kappa shape index (κ3) is 4.71. The molecular weight excluding hydrogens is 382 g/mol. The van der Waals surface area contributed by atoms with Crippen molar-refractivity contribution < 1.29 is 14.5 Å². The van der Waals surface area contributed by atoms with Crippen LogP contribution in [-0.2, 0) is 16.0 Å². The van der Waals surface area contributed by atoms with Crippen LogP contribution in [0.15, 0.2) is 54.6 Å². The summed E-state index contributed by atoms with van der Waals surface area (Å²) >= 11 is 1.73. The fraction of sp³-hybridized carbons (Fsp3) is 0.348. The molecule has 29 heavy (non-hydrogen) atoms. The quantitative estimate of drug-likeness (QED) is 0.631. The van der Waals surface area contributed by atoms with Gasteiger partial charge in [-0.2, -0.15) is 0 Å². The van der Waals surface area contributed by atoms with E-state index >= 15 is 0 Å². The van der Waals surface area contributed by atoms with Crippen LogP contribution in [0, 0.1) is 0 Å². The van der Waals surface area contributed by atoms with E-state index in [1.807, 2.05) is 48.5 Å². The smallest absolute Gasteiger partial charge is 0.275 e. The summed E-state index contributed by atoms with van der Waals surface area (Å²) in [5.74, 6) is -0.0782. The molecule has 0 spiro atoms. The molecule has 1 unspecified atom stereocenters. The van der Waals surface area contributed by atoms with E-state index in [9.17, 15) is 9.59 Å². The van der Waals surface area contributed by atoms with Crippen molar-refractivity contribution in [1.29, 1.82) is 0 Å². The zero-order valence-corrected chi connectivity index (χ0v) is 17.4. The molecule has 6 heteroatoms. The fourth-order valence-corrected chi connectivity index (χ4v) is 5.22. The topological polar surface area (TPSA) is 63.5 Å². The van der Waals surface area contributed by atoms with Gasteiger partial charge in [0.15, 0.2) is 17.3 Å². The lowest BCUT2D eigenvalue weighted by Crippen LogP contribution is -3.11. The fourth-order valence-electron chi connectivity index (χ4n) is 4.06. The number of para-hydroxylation sites is 1. The summed E-state index contributed by atoms with van der Waals surface area (Å²) in [5, 5.41) is 4.07. The van der Waals surface area contributed by atoms with Gasteiger partial charge in [0.05, 0.1) is 22.8 Å². The van der Waals surface area contributed by atoms with Crippen LogP contribution in [0.25, 0.3) is 10.2 Å². The molecule has 1 aromatic heterocycles. The Hall–Kier alpha value is -2.57. The number of likely N-dealkylation sites (tertiary alicyclic amines) is 1. The van der Waals surface area contributed by atoms with E-state index < -0.39 is 6.04 Å². The van der Waals surface area contributed by atoms with E-state index in [0.29, 0.717) is 13.0 Å². The maximum absolute atomic E-state index is 12.8. The molecule has 0 radical (unpaired) electrons. The summed E-state index contributed by atoms with van der Waals surface area (Å²) in [6.45, 7) is 2.87. The predicted octanol–water partition coefficient (Wildman–Crippen LogP) is 2.33. The van der Waals surface area contributed by atoms with Gasteiger partial charge >= 0.3 is 0 Å². The minimum atomic E-state index is -0.479. The molecule has 1 saturated heterocycles. The van der Waals surface area contributed by atoms with Gasteiger partial charge in [0, 0.05) is 12.8 Å². The van der Waals surface area contributed by atoms with Crippen LogP contribution in [0.4, 0.5) is 0 Å². The average molecular weight is 409 g/mol. The summed E-state index contributed by atoms with van der Waals surface area (Å²) < 4.78 is 1.19. The summed E-state index contributed by atoms with van der Waals surface area (Å²) in [5.41, 5.74) is 2.08. The number of fused-ring (bicyclic) bond motifs is 1. The van der Waals surface area contributed by atoms with Crippen molar-refractivity contribution in [3.63, 3.8) is 0 Å². The van der Waals surface area contributed by atoms with E-state index in [-0.39, 0.29) is 17.7 Å². The molecule has 3 atom stereocenters. The van der Waals surface area contributed by atoms with Gasteiger partial charge in [-0.1, -0.05) is 42.5 Å². The van der Waals surface area contributed by atoms with Gasteiger partial charge < -0.3 is 10.2 Å². The number of hydrogen-bond donors (Lipinski definition) is 2. The molecule has 0 bridgehead atoms. The molecule has 1 fully saturated rings. The first-order chi connectivity index (χ1) is 14.1. The number of aromatic nitrogens is 1. The number of ketones is 1. The first-order valence-electron chi connectivity index (χ1n) is 10.1. The van der Waals surface area contributed by atoms with Gasteiger partial charge in [-0.05, 0) is 31.0 Å². The normalized spacial score (nSPS) is 19.9. The standard InChI is InChI=1S/C23H25N3O2S/c1-16(27)19(14-17-8-3-2-4-9-17)24-22(28)15-26-13-7-11-20(26)23-25-18-10-5-6-12-21(18)29-23/h2-6,8-10,12,19-20H,7,11,13-15H2,1H3,(H,24,28)/p+1/t19-,20+/m0/s1. The van der Waals surface area contributed by atoms with Crippen molar-refractivity contribution in [3.05, 3.63) is 65.2 Å².